The third-order valence-corrected chi connectivity index (χ3v) is 5.07. The van der Waals surface area contributed by atoms with Crippen LogP contribution in [0.5, 0.6) is 5.75 Å². The molecule has 1 N–H and O–H groups in total. The second kappa shape index (κ2) is 9.57. The molecule has 4 rings (SSSR count). The summed E-state index contributed by atoms with van der Waals surface area (Å²) in [5.74, 6) is 1.06. The highest BCUT2D eigenvalue weighted by atomic mass is 16.5. The van der Waals surface area contributed by atoms with E-state index < -0.39 is 0 Å². The molecule has 2 heterocycles. The van der Waals surface area contributed by atoms with Crippen LogP contribution < -0.4 is 4.74 Å². The van der Waals surface area contributed by atoms with E-state index >= 15 is 0 Å². The maximum Gasteiger partial charge on any atom is 0.306 e. The SMILES string of the molecule is [C-]#[N+]c1cc(-c2nc(-c3ccc(CCC(=O)OCC)c4cc[nH]c34)no2)ccc1OC(C)C. The summed E-state index contributed by atoms with van der Waals surface area (Å²) in [6.45, 7) is 13.4. The van der Waals surface area contributed by atoms with Crippen molar-refractivity contribution < 1.29 is 18.8 Å². The normalized spacial score (nSPS) is 11.0. The van der Waals surface area contributed by atoms with E-state index in [1.807, 2.05) is 38.2 Å². The lowest BCUT2D eigenvalue weighted by Crippen LogP contribution is -2.05. The summed E-state index contributed by atoms with van der Waals surface area (Å²) in [6.07, 6.45) is 2.71. The first-order chi connectivity index (χ1) is 16.0. The minimum absolute atomic E-state index is 0.0326. The Hall–Kier alpha value is -4.12. The van der Waals surface area contributed by atoms with Gasteiger partial charge in [0.1, 0.15) is 5.75 Å². The number of hydrogen-bond donors (Lipinski definition) is 1. The average molecular weight is 444 g/mol. The zero-order valence-corrected chi connectivity index (χ0v) is 18.7. The molecule has 0 spiro atoms. The molecule has 0 amide bonds. The van der Waals surface area contributed by atoms with Crippen molar-refractivity contribution in [2.75, 3.05) is 6.61 Å². The molecule has 0 fully saturated rings. The van der Waals surface area contributed by atoms with Crippen molar-refractivity contribution in [3.05, 3.63) is 59.6 Å². The van der Waals surface area contributed by atoms with Crippen molar-refractivity contribution in [3.8, 4) is 28.6 Å². The van der Waals surface area contributed by atoms with Gasteiger partial charge in [-0.1, -0.05) is 11.2 Å². The number of aromatic nitrogens is 3. The lowest BCUT2D eigenvalue weighted by Gasteiger charge is -2.11. The predicted octanol–water partition coefficient (Wildman–Crippen LogP) is 5.72. The number of carbonyl (C=O) groups is 1. The van der Waals surface area contributed by atoms with Crippen LogP contribution >= 0.6 is 0 Å². The van der Waals surface area contributed by atoms with Gasteiger partial charge in [0.25, 0.3) is 5.89 Å². The monoisotopic (exact) mass is 444 g/mol. The Morgan fingerprint density at radius 2 is 2.09 bits per heavy atom. The number of nitrogens with zero attached hydrogens (tertiary/aromatic N) is 3. The number of aryl methyl sites for hydroxylation is 1. The summed E-state index contributed by atoms with van der Waals surface area (Å²) in [6, 6.07) is 11.1. The largest absolute Gasteiger partial charge is 0.502 e. The van der Waals surface area contributed by atoms with Crippen LogP contribution in [0.3, 0.4) is 0 Å². The number of carbonyl (C=O) groups excluding carboxylic acids is 1. The van der Waals surface area contributed by atoms with Crippen molar-refractivity contribution in [1.82, 2.24) is 15.1 Å². The first-order valence-electron chi connectivity index (χ1n) is 10.8. The van der Waals surface area contributed by atoms with Crippen molar-refractivity contribution in [3.63, 3.8) is 0 Å². The summed E-state index contributed by atoms with van der Waals surface area (Å²) in [5, 5.41) is 5.15. The van der Waals surface area contributed by atoms with Crippen LogP contribution in [-0.2, 0) is 16.0 Å². The van der Waals surface area contributed by atoms with E-state index in [4.69, 9.17) is 20.6 Å². The number of benzene rings is 2. The number of aromatic amines is 1. The van der Waals surface area contributed by atoms with Gasteiger partial charge in [0.05, 0.1) is 24.8 Å². The van der Waals surface area contributed by atoms with Gasteiger partial charge in [-0.25, -0.2) is 4.85 Å². The first kappa shape index (κ1) is 22.1. The number of nitrogens with one attached hydrogen (secondary N) is 1. The molecule has 8 heteroatoms. The van der Waals surface area contributed by atoms with Crippen LogP contribution in [0.15, 0.2) is 47.1 Å². The molecule has 0 aliphatic heterocycles. The Kier molecular flexibility index (Phi) is 6.41. The molecule has 0 aliphatic rings. The summed E-state index contributed by atoms with van der Waals surface area (Å²) in [4.78, 5) is 23.1. The number of ether oxygens (including phenoxy) is 2. The molecule has 2 aromatic carbocycles. The van der Waals surface area contributed by atoms with E-state index in [2.05, 4.69) is 20.0 Å². The Morgan fingerprint density at radius 3 is 2.85 bits per heavy atom. The van der Waals surface area contributed by atoms with Crippen molar-refractivity contribution in [2.45, 2.75) is 39.7 Å². The smallest absolute Gasteiger partial charge is 0.306 e. The average Bonchev–Trinajstić information content (AvgIpc) is 3.48. The number of rotatable bonds is 8. The van der Waals surface area contributed by atoms with Crippen LogP contribution in [0.2, 0.25) is 0 Å². The highest BCUT2D eigenvalue weighted by Crippen LogP contribution is 2.35. The molecule has 168 valence electrons. The molecule has 0 bridgehead atoms. The molecule has 0 saturated heterocycles. The van der Waals surface area contributed by atoms with Crippen LogP contribution in [0, 0.1) is 6.57 Å². The minimum atomic E-state index is -0.211. The molecule has 0 atom stereocenters. The number of fused-ring (bicyclic) bond motifs is 1. The van der Waals surface area contributed by atoms with E-state index in [1.165, 1.54) is 0 Å². The van der Waals surface area contributed by atoms with E-state index in [1.54, 1.807) is 25.1 Å². The summed E-state index contributed by atoms with van der Waals surface area (Å²) in [7, 11) is 0. The Balaban J connectivity index is 1.62. The van der Waals surface area contributed by atoms with Gasteiger partial charge in [-0.3, -0.25) is 4.79 Å². The van der Waals surface area contributed by atoms with Gasteiger partial charge in [-0.15, -0.1) is 0 Å². The summed E-state index contributed by atoms with van der Waals surface area (Å²) < 4.78 is 16.2. The molecular formula is C25H24N4O4. The Morgan fingerprint density at radius 1 is 1.24 bits per heavy atom. The van der Waals surface area contributed by atoms with Gasteiger partial charge in [-0.05, 0) is 63.1 Å². The highest BCUT2D eigenvalue weighted by Gasteiger charge is 2.17. The fourth-order valence-electron chi connectivity index (χ4n) is 3.63. The zero-order chi connectivity index (χ0) is 23.4. The van der Waals surface area contributed by atoms with Gasteiger partial charge in [-0.2, -0.15) is 4.98 Å². The second-order valence-corrected chi connectivity index (χ2v) is 7.73. The third-order valence-electron chi connectivity index (χ3n) is 5.07. The Bertz CT molecular complexity index is 1330. The number of H-pyrrole nitrogens is 1. The minimum Gasteiger partial charge on any atom is -0.502 e. The maximum absolute atomic E-state index is 11.7. The fraction of sp³-hybridized carbons (Fsp3) is 0.280. The molecule has 0 radical (unpaired) electrons. The van der Waals surface area contributed by atoms with Gasteiger partial charge >= 0.3 is 5.97 Å². The highest BCUT2D eigenvalue weighted by molar-refractivity contribution is 5.95. The molecule has 0 unspecified atom stereocenters. The lowest BCUT2D eigenvalue weighted by atomic mass is 10.0. The molecule has 2 aromatic heterocycles. The fourth-order valence-corrected chi connectivity index (χ4v) is 3.63. The number of esters is 1. The van der Waals surface area contributed by atoms with Crippen molar-refractivity contribution in [2.24, 2.45) is 0 Å². The molecule has 0 saturated carbocycles. The second-order valence-electron chi connectivity index (χ2n) is 7.73. The van der Waals surface area contributed by atoms with E-state index in [0.717, 1.165) is 22.0 Å². The van der Waals surface area contributed by atoms with Gasteiger partial charge in [0, 0.05) is 29.1 Å². The van der Waals surface area contributed by atoms with E-state index in [9.17, 15) is 4.79 Å². The van der Waals surface area contributed by atoms with Crippen LogP contribution in [-0.4, -0.2) is 33.8 Å². The zero-order valence-electron chi connectivity index (χ0n) is 18.7. The summed E-state index contributed by atoms with van der Waals surface area (Å²) >= 11 is 0. The van der Waals surface area contributed by atoms with E-state index in [0.29, 0.717) is 48.2 Å². The van der Waals surface area contributed by atoms with Gasteiger partial charge in [0.2, 0.25) is 11.5 Å². The van der Waals surface area contributed by atoms with Crippen LogP contribution in [0.4, 0.5) is 5.69 Å². The molecule has 33 heavy (non-hydrogen) atoms. The van der Waals surface area contributed by atoms with Crippen LogP contribution in [0.1, 0.15) is 32.8 Å². The van der Waals surface area contributed by atoms with E-state index in [-0.39, 0.29) is 12.1 Å². The molecule has 8 nitrogen and oxygen atoms in total. The van der Waals surface area contributed by atoms with Crippen molar-refractivity contribution >= 4 is 22.6 Å². The topological polar surface area (TPSA) is 94.6 Å². The summed E-state index contributed by atoms with van der Waals surface area (Å²) in [5.41, 5.74) is 3.72. The standard InChI is InChI=1S/C25H24N4O4/c1-5-31-22(30)11-8-16-6-9-19(23-18(16)12-13-27-23)24-28-25(33-29-24)17-7-10-21(32-15(2)3)20(14-17)26-4/h6-7,9-10,12-15,27H,5,8,11H2,1-3H3. The maximum atomic E-state index is 11.7. The van der Waals surface area contributed by atoms with Gasteiger partial charge in [0.15, 0.2) is 0 Å². The lowest BCUT2D eigenvalue weighted by molar-refractivity contribution is -0.143. The predicted molar refractivity (Wildman–Crippen MR) is 124 cm³/mol. The van der Waals surface area contributed by atoms with Crippen molar-refractivity contribution in [1.29, 1.82) is 0 Å². The van der Waals surface area contributed by atoms with Gasteiger partial charge < -0.3 is 19.0 Å². The Labute approximate surface area is 191 Å². The third kappa shape index (κ3) is 4.72. The molecular weight excluding hydrogens is 420 g/mol. The molecule has 4 aromatic rings. The molecule has 0 aliphatic carbocycles. The van der Waals surface area contributed by atoms with Crippen LogP contribution in [0.25, 0.3) is 38.6 Å². The number of hydrogen-bond acceptors (Lipinski definition) is 6. The quantitative estimate of drug-likeness (QED) is 0.276. The first-order valence-corrected chi connectivity index (χ1v) is 10.8.